The summed E-state index contributed by atoms with van der Waals surface area (Å²) in [7, 11) is 0. The highest BCUT2D eigenvalue weighted by Gasteiger charge is 2.42. The molecule has 1 aliphatic rings. The summed E-state index contributed by atoms with van der Waals surface area (Å²) in [6.45, 7) is 2.83. The number of rotatable bonds is 5. The van der Waals surface area contributed by atoms with Crippen LogP contribution in [-0.4, -0.2) is 29.1 Å². The molecule has 5 nitrogen and oxygen atoms in total. The van der Waals surface area contributed by atoms with Crippen molar-refractivity contribution in [3.63, 3.8) is 0 Å². The first-order chi connectivity index (χ1) is 8.77. The van der Waals surface area contributed by atoms with Gasteiger partial charge in [-0.1, -0.05) is 12.8 Å². The van der Waals surface area contributed by atoms with Crippen molar-refractivity contribution in [2.75, 3.05) is 18.5 Å². The molecule has 2 rings (SSSR count). The van der Waals surface area contributed by atoms with Crippen LogP contribution < -0.4 is 5.32 Å². The molecular formula is C13H19N3O2. The van der Waals surface area contributed by atoms with Crippen LogP contribution >= 0.6 is 0 Å². The Hall–Kier alpha value is -1.65. The summed E-state index contributed by atoms with van der Waals surface area (Å²) in [6.07, 6.45) is 7.28. The quantitative estimate of drug-likeness (QED) is 0.809. The Labute approximate surface area is 107 Å². The molecule has 0 amide bonds. The predicted octanol–water partition coefficient (Wildman–Crippen LogP) is 2.01. The highest BCUT2D eigenvalue weighted by Crippen LogP contribution is 2.39. The molecule has 1 heterocycles. The van der Waals surface area contributed by atoms with Gasteiger partial charge < -0.3 is 10.1 Å². The van der Waals surface area contributed by atoms with Crippen LogP contribution in [0, 0.1) is 5.41 Å². The van der Waals surface area contributed by atoms with Gasteiger partial charge in [-0.15, -0.1) is 0 Å². The average molecular weight is 249 g/mol. The maximum absolute atomic E-state index is 12.1. The van der Waals surface area contributed by atoms with Crippen LogP contribution in [0.3, 0.4) is 0 Å². The van der Waals surface area contributed by atoms with Gasteiger partial charge in [0.1, 0.15) is 0 Å². The lowest BCUT2D eigenvalue weighted by atomic mass is 9.86. The SMILES string of the molecule is CCOC(=O)C1(CNc2ncccn2)CCCC1. The second-order valence-corrected chi connectivity index (χ2v) is 4.63. The molecule has 1 saturated carbocycles. The molecule has 0 atom stereocenters. The van der Waals surface area contributed by atoms with E-state index >= 15 is 0 Å². The van der Waals surface area contributed by atoms with E-state index in [1.807, 2.05) is 6.92 Å². The minimum absolute atomic E-state index is 0.0917. The first kappa shape index (κ1) is 12.8. The Morgan fingerprint density at radius 1 is 1.39 bits per heavy atom. The van der Waals surface area contributed by atoms with Crippen molar-refractivity contribution in [3.8, 4) is 0 Å². The zero-order valence-corrected chi connectivity index (χ0v) is 10.7. The van der Waals surface area contributed by atoms with Crippen molar-refractivity contribution in [3.05, 3.63) is 18.5 Å². The number of hydrogen-bond donors (Lipinski definition) is 1. The van der Waals surface area contributed by atoms with Gasteiger partial charge in [0.25, 0.3) is 0 Å². The summed E-state index contributed by atoms with van der Waals surface area (Å²) >= 11 is 0. The van der Waals surface area contributed by atoms with E-state index in [-0.39, 0.29) is 5.97 Å². The lowest BCUT2D eigenvalue weighted by Crippen LogP contribution is -2.37. The second-order valence-electron chi connectivity index (χ2n) is 4.63. The monoisotopic (exact) mass is 249 g/mol. The molecule has 0 radical (unpaired) electrons. The number of carbonyl (C=O) groups excluding carboxylic acids is 1. The number of nitrogens with zero attached hydrogens (tertiary/aromatic N) is 2. The number of carbonyl (C=O) groups is 1. The lowest BCUT2D eigenvalue weighted by molar-refractivity contribution is -0.154. The number of anilines is 1. The Morgan fingerprint density at radius 3 is 2.67 bits per heavy atom. The van der Waals surface area contributed by atoms with Gasteiger partial charge in [0.15, 0.2) is 0 Å². The van der Waals surface area contributed by atoms with Crippen molar-refractivity contribution in [2.45, 2.75) is 32.6 Å². The third-order valence-corrected chi connectivity index (χ3v) is 3.42. The highest BCUT2D eigenvalue weighted by atomic mass is 16.5. The van der Waals surface area contributed by atoms with Crippen molar-refractivity contribution < 1.29 is 9.53 Å². The number of ether oxygens (including phenoxy) is 1. The van der Waals surface area contributed by atoms with Crippen LogP contribution in [0.1, 0.15) is 32.6 Å². The molecule has 1 aliphatic carbocycles. The minimum Gasteiger partial charge on any atom is -0.466 e. The van der Waals surface area contributed by atoms with E-state index in [2.05, 4.69) is 15.3 Å². The Balaban J connectivity index is 2.00. The highest BCUT2D eigenvalue weighted by molar-refractivity contribution is 5.78. The van der Waals surface area contributed by atoms with E-state index in [4.69, 9.17) is 4.74 Å². The van der Waals surface area contributed by atoms with Crippen molar-refractivity contribution >= 4 is 11.9 Å². The fourth-order valence-corrected chi connectivity index (χ4v) is 2.43. The van der Waals surface area contributed by atoms with Crippen molar-refractivity contribution in [1.29, 1.82) is 0 Å². The Kier molecular flexibility index (Phi) is 4.12. The van der Waals surface area contributed by atoms with E-state index in [0.717, 1.165) is 25.7 Å². The van der Waals surface area contributed by atoms with E-state index in [1.54, 1.807) is 18.5 Å². The zero-order chi connectivity index (χ0) is 12.8. The summed E-state index contributed by atoms with van der Waals surface area (Å²) in [4.78, 5) is 20.3. The molecule has 1 fully saturated rings. The predicted molar refractivity (Wildman–Crippen MR) is 68.1 cm³/mol. The Bertz CT molecular complexity index is 388. The van der Waals surface area contributed by atoms with E-state index < -0.39 is 5.41 Å². The van der Waals surface area contributed by atoms with Gasteiger partial charge in [0.05, 0.1) is 12.0 Å². The van der Waals surface area contributed by atoms with E-state index in [1.165, 1.54) is 0 Å². The van der Waals surface area contributed by atoms with Gasteiger partial charge in [-0.2, -0.15) is 0 Å². The van der Waals surface area contributed by atoms with Crippen molar-refractivity contribution in [2.24, 2.45) is 5.41 Å². The third kappa shape index (κ3) is 2.78. The van der Waals surface area contributed by atoms with Crippen molar-refractivity contribution in [1.82, 2.24) is 9.97 Å². The third-order valence-electron chi connectivity index (χ3n) is 3.42. The first-order valence-corrected chi connectivity index (χ1v) is 6.45. The fourth-order valence-electron chi connectivity index (χ4n) is 2.43. The van der Waals surface area contributed by atoms with Crippen LogP contribution in [0.25, 0.3) is 0 Å². The summed E-state index contributed by atoms with van der Waals surface area (Å²) in [5.74, 6) is 0.471. The molecule has 98 valence electrons. The van der Waals surface area contributed by atoms with Crippen LogP contribution in [0.2, 0.25) is 0 Å². The molecule has 0 spiro atoms. The molecule has 0 saturated heterocycles. The van der Waals surface area contributed by atoms with Gasteiger partial charge in [-0.3, -0.25) is 4.79 Å². The molecule has 1 aromatic heterocycles. The van der Waals surface area contributed by atoms with Gasteiger partial charge in [0, 0.05) is 18.9 Å². The number of nitrogens with one attached hydrogen (secondary N) is 1. The first-order valence-electron chi connectivity index (χ1n) is 6.45. The second kappa shape index (κ2) is 5.80. The smallest absolute Gasteiger partial charge is 0.313 e. The summed E-state index contributed by atoms with van der Waals surface area (Å²) < 4.78 is 5.20. The number of esters is 1. The lowest BCUT2D eigenvalue weighted by Gasteiger charge is -2.26. The number of aromatic nitrogens is 2. The summed E-state index contributed by atoms with van der Waals surface area (Å²) in [6, 6.07) is 1.77. The number of hydrogen-bond acceptors (Lipinski definition) is 5. The largest absolute Gasteiger partial charge is 0.466 e. The molecule has 1 aromatic rings. The molecular weight excluding hydrogens is 230 g/mol. The molecule has 18 heavy (non-hydrogen) atoms. The van der Waals surface area contributed by atoms with Crippen LogP contribution in [0.4, 0.5) is 5.95 Å². The molecule has 0 aromatic carbocycles. The maximum Gasteiger partial charge on any atom is 0.313 e. The van der Waals surface area contributed by atoms with Gasteiger partial charge in [-0.25, -0.2) is 9.97 Å². The molecule has 0 aliphatic heterocycles. The normalized spacial score (nSPS) is 17.4. The van der Waals surface area contributed by atoms with E-state index in [0.29, 0.717) is 19.1 Å². The molecule has 1 N–H and O–H groups in total. The topological polar surface area (TPSA) is 64.1 Å². The van der Waals surface area contributed by atoms with Gasteiger partial charge in [0.2, 0.25) is 5.95 Å². The van der Waals surface area contributed by atoms with Crippen LogP contribution in [-0.2, 0) is 9.53 Å². The summed E-state index contributed by atoms with van der Waals surface area (Å²) in [5.41, 5.74) is -0.394. The molecule has 0 unspecified atom stereocenters. The van der Waals surface area contributed by atoms with Crippen LogP contribution in [0.15, 0.2) is 18.5 Å². The zero-order valence-electron chi connectivity index (χ0n) is 10.7. The van der Waals surface area contributed by atoms with Gasteiger partial charge >= 0.3 is 5.97 Å². The average Bonchev–Trinajstić information content (AvgIpc) is 2.88. The van der Waals surface area contributed by atoms with Gasteiger partial charge in [-0.05, 0) is 25.8 Å². The molecule has 0 bridgehead atoms. The standard InChI is InChI=1S/C13H19N3O2/c1-2-18-11(17)13(6-3-4-7-13)10-16-12-14-8-5-9-15-12/h5,8-9H,2-4,6-7,10H2,1H3,(H,14,15,16). The molecule has 5 heteroatoms. The maximum atomic E-state index is 12.1. The Morgan fingerprint density at radius 2 is 2.06 bits per heavy atom. The fraction of sp³-hybridized carbons (Fsp3) is 0.615. The minimum atomic E-state index is -0.394. The van der Waals surface area contributed by atoms with Crippen LogP contribution in [0.5, 0.6) is 0 Å². The van der Waals surface area contributed by atoms with E-state index in [9.17, 15) is 4.79 Å². The summed E-state index contributed by atoms with van der Waals surface area (Å²) in [5, 5.41) is 3.14.